The summed E-state index contributed by atoms with van der Waals surface area (Å²) in [5.41, 5.74) is 9.94. The molecular formula is C21H31NO. The third-order valence-electron chi connectivity index (χ3n) is 7.89. The van der Waals surface area contributed by atoms with Gasteiger partial charge in [-0.1, -0.05) is 37.6 Å². The van der Waals surface area contributed by atoms with E-state index in [9.17, 15) is 5.11 Å². The maximum Gasteiger partial charge on any atom is 0.0825 e. The van der Waals surface area contributed by atoms with Crippen molar-refractivity contribution in [2.45, 2.75) is 64.4 Å². The molecule has 1 unspecified atom stereocenters. The Balaban J connectivity index is 1.75. The van der Waals surface area contributed by atoms with Crippen molar-refractivity contribution >= 4 is 0 Å². The third kappa shape index (κ3) is 2.01. The summed E-state index contributed by atoms with van der Waals surface area (Å²) >= 11 is 0. The predicted octanol–water partition coefficient (Wildman–Crippen LogP) is 3.79. The van der Waals surface area contributed by atoms with Crippen molar-refractivity contribution in [3.63, 3.8) is 0 Å². The van der Waals surface area contributed by atoms with Gasteiger partial charge in [-0.3, -0.25) is 0 Å². The van der Waals surface area contributed by atoms with Gasteiger partial charge in [0.05, 0.1) is 5.60 Å². The highest BCUT2D eigenvalue weighted by molar-refractivity contribution is 5.38. The summed E-state index contributed by atoms with van der Waals surface area (Å²) in [7, 11) is 0. The molecule has 3 aliphatic carbocycles. The average molecular weight is 313 g/mol. The summed E-state index contributed by atoms with van der Waals surface area (Å²) in [5, 5.41) is 11.1. The zero-order valence-corrected chi connectivity index (χ0v) is 14.8. The summed E-state index contributed by atoms with van der Waals surface area (Å²) in [6.45, 7) is 7.38. The number of aliphatic hydroxyl groups is 1. The van der Waals surface area contributed by atoms with Gasteiger partial charge >= 0.3 is 0 Å². The van der Waals surface area contributed by atoms with Crippen molar-refractivity contribution in [2.24, 2.45) is 28.9 Å². The van der Waals surface area contributed by atoms with Gasteiger partial charge in [-0.25, -0.2) is 0 Å². The Morgan fingerprint density at radius 2 is 2.04 bits per heavy atom. The Morgan fingerprint density at radius 1 is 1.26 bits per heavy atom. The molecular weight excluding hydrogens is 282 g/mol. The van der Waals surface area contributed by atoms with E-state index < -0.39 is 5.60 Å². The van der Waals surface area contributed by atoms with Gasteiger partial charge in [-0.05, 0) is 73.8 Å². The number of fused-ring (bicyclic) bond motifs is 5. The van der Waals surface area contributed by atoms with Crippen LogP contribution in [0.25, 0.3) is 0 Å². The van der Waals surface area contributed by atoms with Crippen LogP contribution in [0.15, 0.2) is 18.2 Å². The number of hydrogen-bond donors (Lipinski definition) is 2. The van der Waals surface area contributed by atoms with Crippen LogP contribution >= 0.6 is 0 Å². The van der Waals surface area contributed by atoms with Crippen LogP contribution < -0.4 is 5.73 Å². The van der Waals surface area contributed by atoms with Crippen molar-refractivity contribution in [1.82, 2.24) is 0 Å². The van der Waals surface area contributed by atoms with Gasteiger partial charge < -0.3 is 10.8 Å². The molecule has 2 fully saturated rings. The van der Waals surface area contributed by atoms with Gasteiger partial charge in [0, 0.05) is 12.0 Å². The molecule has 23 heavy (non-hydrogen) atoms. The van der Waals surface area contributed by atoms with E-state index in [0.29, 0.717) is 30.2 Å². The second-order valence-electron chi connectivity index (χ2n) is 8.90. The lowest BCUT2D eigenvalue weighted by atomic mass is 9.51. The van der Waals surface area contributed by atoms with Crippen LogP contribution in [-0.4, -0.2) is 17.3 Å². The number of hydrogen-bond acceptors (Lipinski definition) is 2. The summed E-state index contributed by atoms with van der Waals surface area (Å²) in [6.07, 6.45) is 5.57. The minimum atomic E-state index is -0.643. The Kier molecular flexibility index (Phi) is 3.45. The maximum absolute atomic E-state index is 11.1. The van der Waals surface area contributed by atoms with E-state index in [4.69, 9.17) is 5.73 Å². The van der Waals surface area contributed by atoms with Crippen molar-refractivity contribution in [3.8, 4) is 0 Å². The van der Waals surface area contributed by atoms with Gasteiger partial charge in [-0.2, -0.15) is 0 Å². The number of rotatable bonds is 1. The fraction of sp³-hybridized carbons (Fsp3) is 0.714. The molecule has 3 aliphatic rings. The van der Waals surface area contributed by atoms with E-state index in [-0.39, 0.29) is 5.41 Å². The Morgan fingerprint density at radius 3 is 2.78 bits per heavy atom. The van der Waals surface area contributed by atoms with Crippen LogP contribution in [0.5, 0.6) is 0 Å². The lowest BCUT2D eigenvalue weighted by Crippen LogP contribution is -2.55. The molecule has 0 amide bonds. The number of aryl methyl sites for hydroxylation is 1. The molecule has 2 heteroatoms. The highest BCUT2D eigenvalue weighted by Gasteiger charge is 2.61. The smallest absolute Gasteiger partial charge is 0.0825 e. The minimum Gasteiger partial charge on any atom is -0.388 e. The molecule has 0 saturated heterocycles. The van der Waals surface area contributed by atoms with E-state index in [2.05, 4.69) is 39.0 Å². The van der Waals surface area contributed by atoms with Crippen LogP contribution in [0.1, 0.15) is 62.1 Å². The van der Waals surface area contributed by atoms with E-state index in [1.54, 1.807) is 11.1 Å². The van der Waals surface area contributed by atoms with Crippen molar-refractivity contribution in [2.75, 3.05) is 6.54 Å². The lowest BCUT2D eigenvalue weighted by molar-refractivity contribution is -0.102. The normalized spacial score (nSPS) is 45.3. The van der Waals surface area contributed by atoms with Gasteiger partial charge in [0.15, 0.2) is 0 Å². The predicted molar refractivity (Wildman–Crippen MR) is 94.3 cm³/mol. The second-order valence-corrected chi connectivity index (χ2v) is 8.90. The van der Waals surface area contributed by atoms with Gasteiger partial charge in [0.1, 0.15) is 0 Å². The van der Waals surface area contributed by atoms with E-state index in [1.165, 1.54) is 18.4 Å². The summed E-state index contributed by atoms with van der Waals surface area (Å²) in [6, 6.07) is 7.08. The molecule has 0 spiro atoms. The van der Waals surface area contributed by atoms with Crippen LogP contribution in [0.4, 0.5) is 0 Å². The minimum absolute atomic E-state index is 0.0133. The molecule has 2 saturated carbocycles. The monoisotopic (exact) mass is 313 g/mol. The largest absolute Gasteiger partial charge is 0.388 e. The molecule has 1 aromatic carbocycles. The molecule has 0 aliphatic heterocycles. The molecule has 2 nitrogen and oxygen atoms in total. The molecule has 1 aromatic rings. The van der Waals surface area contributed by atoms with Gasteiger partial charge in [0.2, 0.25) is 0 Å². The fourth-order valence-electron chi connectivity index (χ4n) is 6.55. The molecule has 0 radical (unpaired) electrons. The fourth-order valence-corrected chi connectivity index (χ4v) is 6.55. The first-order valence-electron chi connectivity index (χ1n) is 9.41. The van der Waals surface area contributed by atoms with Crippen LogP contribution in [0.2, 0.25) is 0 Å². The molecule has 0 bridgehead atoms. The van der Waals surface area contributed by atoms with Crippen molar-refractivity contribution < 1.29 is 5.11 Å². The molecule has 126 valence electrons. The van der Waals surface area contributed by atoms with E-state index >= 15 is 0 Å². The second kappa shape index (κ2) is 5.07. The Hall–Kier alpha value is -0.860. The molecule has 6 atom stereocenters. The standard InChI is InChI=1S/C21H31NO/c1-13-4-5-16-15(10-13)11-14(2)19-17(16)6-8-20(3)18(19)7-9-21(20,23)12-22/h4-5,10,14,17-19,23H,6-9,11-12,22H2,1-3H3/t14-,17-,18+,19-,20+,21?/m1/s1. The highest BCUT2D eigenvalue weighted by atomic mass is 16.3. The van der Waals surface area contributed by atoms with E-state index in [1.807, 2.05) is 0 Å². The van der Waals surface area contributed by atoms with Crippen molar-refractivity contribution in [1.29, 1.82) is 0 Å². The first-order valence-corrected chi connectivity index (χ1v) is 9.41. The number of benzene rings is 1. The van der Waals surface area contributed by atoms with Gasteiger partial charge in [-0.15, -0.1) is 0 Å². The van der Waals surface area contributed by atoms with Gasteiger partial charge in [0.25, 0.3) is 0 Å². The zero-order chi connectivity index (χ0) is 16.4. The topological polar surface area (TPSA) is 46.2 Å². The zero-order valence-electron chi connectivity index (χ0n) is 14.8. The van der Waals surface area contributed by atoms with Crippen molar-refractivity contribution in [3.05, 3.63) is 34.9 Å². The first kappa shape index (κ1) is 15.7. The third-order valence-corrected chi connectivity index (χ3v) is 7.89. The van der Waals surface area contributed by atoms with Crippen LogP contribution in [-0.2, 0) is 6.42 Å². The number of nitrogens with two attached hydrogens (primary N) is 1. The molecule has 3 N–H and O–H groups in total. The molecule has 0 aromatic heterocycles. The maximum atomic E-state index is 11.1. The SMILES string of the molecule is Cc1ccc2c(c1)C[C@@H](C)[C@@H]1[C@@H]2CC[C@@]2(C)[C@H]1CCC2(O)CN. The molecule has 4 rings (SSSR count). The summed E-state index contributed by atoms with van der Waals surface area (Å²) in [5.74, 6) is 2.73. The lowest BCUT2D eigenvalue weighted by Gasteiger charge is -2.55. The summed E-state index contributed by atoms with van der Waals surface area (Å²) in [4.78, 5) is 0. The Labute approximate surface area is 140 Å². The molecule has 0 heterocycles. The highest BCUT2D eigenvalue weighted by Crippen LogP contribution is 2.64. The Bertz CT molecular complexity index is 626. The first-order chi connectivity index (χ1) is 10.9. The quantitative estimate of drug-likeness (QED) is 0.828. The van der Waals surface area contributed by atoms with Crippen LogP contribution in [0.3, 0.4) is 0 Å². The average Bonchev–Trinajstić information content (AvgIpc) is 2.79. The van der Waals surface area contributed by atoms with Crippen LogP contribution in [0, 0.1) is 30.1 Å². The summed E-state index contributed by atoms with van der Waals surface area (Å²) < 4.78 is 0. The van der Waals surface area contributed by atoms with E-state index in [0.717, 1.165) is 19.3 Å².